The SMILES string of the molecule is N#Cc1ccc(-c2nnn(-c3ccc(C#N)cc3)c2-c2cccc3c4ccccc4n(-c4cccc(-n5c6ccccc6c6ccccc65)c4)c23)cc1. The van der Waals surface area contributed by atoms with Gasteiger partial charge in [0, 0.05) is 44.0 Å². The minimum Gasteiger partial charge on any atom is -0.309 e. The molecule has 10 rings (SSSR count). The first kappa shape index (κ1) is 30.1. The van der Waals surface area contributed by atoms with Crippen molar-refractivity contribution in [2.45, 2.75) is 0 Å². The molecule has 0 radical (unpaired) electrons. The van der Waals surface area contributed by atoms with Crippen LogP contribution in [0.5, 0.6) is 0 Å². The lowest BCUT2D eigenvalue weighted by Crippen LogP contribution is -2.03. The molecule has 0 spiro atoms. The second kappa shape index (κ2) is 11.9. The third-order valence-electron chi connectivity index (χ3n) is 10.1. The molecular formula is C46H27N7. The molecule has 10 aromatic rings. The monoisotopic (exact) mass is 677 g/mol. The molecule has 7 nitrogen and oxygen atoms in total. The largest absolute Gasteiger partial charge is 0.309 e. The van der Waals surface area contributed by atoms with Crippen molar-refractivity contribution in [3.05, 3.63) is 175 Å². The van der Waals surface area contributed by atoms with Crippen LogP contribution in [0.4, 0.5) is 0 Å². The van der Waals surface area contributed by atoms with Crippen LogP contribution >= 0.6 is 0 Å². The molecule has 0 fully saturated rings. The quantitative estimate of drug-likeness (QED) is 0.181. The topological polar surface area (TPSA) is 88.2 Å². The van der Waals surface area contributed by atoms with Crippen molar-refractivity contribution >= 4 is 43.6 Å². The average Bonchev–Trinajstić information content (AvgIpc) is 3.92. The van der Waals surface area contributed by atoms with Crippen LogP contribution in [0.3, 0.4) is 0 Å². The highest BCUT2D eigenvalue weighted by Crippen LogP contribution is 2.42. The fourth-order valence-electron chi connectivity index (χ4n) is 7.73. The summed E-state index contributed by atoms with van der Waals surface area (Å²) in [6, 6.07) is 60.0. The molecule has 53 heavy (non-hydrogen) atoms. The molecule has 0 N–H and O–H groups in total. The Morgan fingerprint density at radius 3 is 1.58 bits per heavy atom. The summed E-state index contributed by atoms with van der Waals surface area (Å²) in [7, 11) is 0. The highest BCUT2D eigenvalue weighted by molar-refractivity contribution is 6.14. The maximum atomic E-state index is 9.53. The molecule has 0 bridgehead atoms. The van der Waals surface area contributed by atoms with Crippen molar-refractivity contribution in [3.8, 4) is 51.7 Å². The lowest BCUT2D eigenvalue weighted by Gasteiger charge is -2.15. The second-order valence-corrected chi connectivity index (χ2v) is 13.0. The summed E-state index contributed by atoms with van der Waals surface area (Å²) in [5.41, 5.74) is 11.6. The number of hydrogen-bond acceptors (Lipinski definition) is 4. The third kappa shape index (κ3) is 4.66. The smallest absolute Gasteiger partial charge is 0.121 e. The summed E-state index contributed by atoms with van der Waals surface area (Å²) in [4.78, 5) is 0. The molecular weight excluding hydrogens is 651 g/mol. The van der Waals surface area contributed by atoms with E-state index < -0.39 is 0 Å². The zero-order valence-electron chi connectivity index (χ0n) is 28.2. The molecule has 0 saturated heterocycles. The molecule has 0 aliphatic carbocycles. The summed E-state index contributed by atoms with van der Waals surface area (Å²) in [5.74, 6) is 0. The predicted molar refractivity (Wildman–Crippen MR) is 210 cm³/mol. The molecule has 246 valence electrons. The highest BCUT2D eigenvalue weighted by atomic mass is 15.4. The van der Waals surface area contributed by atoms with Gasteiger partial charge < -0.3 is 9.13 Å². The van der Waals surface area contributed by atoms with E-state index in [4.69, 9.17) is 10.3 Å². The van der Waals surface area contributed by atoms with Gasteiger partial charge in [-0.1, -0.05) is 96.2 Å². The van der Waals surface area contributed by atoms with Crippen molar-refractivity contribution in [2.24, 2.45) is 0 Å². The maximum Gasteiger partial charge on any atom is 0.121 e. The Morgan fingerprint density at radius 1 is 0.453 bits per heavy atom. The summed E-state index contributed by atoms with van der Waals surface area (Å²) in [6.07, 6.45) is 0. The van der Waals surface area contributed by atoms with Crippen LogP contribution in [-0.4, -0.2) is 24.1 Å². The van der Waals surface area contributed by atoms with E-state index in [1.807, 2.05) is 28.9 Å². The van der Waals surface area contributed by atoms with Gasteiger partial charge in [0.25, 0.3) is 0 Å². The van der Waals surface area contributed by atoms with Crippen molar-refractivity contribution in [1.82, 2.24) is 24.1 Å². The fourth-order valence-corrected chi connectivity index (χ4v) is 7.73. The van der Waals surface area contributed by atoms with Gasteiger partial charge in [-0.25, -0.2) is 4.68 Å². The van der Waals surface area contributed by atoms with E-state index in [0.29, 0.717) is 16.8 Å². The van der Waals surface area contributed by atoms with Gasteiger partial charge in [-0.05, 0) is 72.8 Å². The first-order valence-electron chi connectivity index (χ1n) is 17.3. The van der Waals surface area contributed by atoms with E-state index in [1.54, 1.807) is 24.3 Å². The predicted octanol–water partition coefficient (Wildman–Crippen LogP) is 10.5. The summed E-state index contributed by atoms with van der Waals surface area (Å²) in [6.45, 7) is 0. The molecule has 0 atom stereocenters. The first-order chi connectivity index (χ1) is 26.2. The molecule has 0 aliphatic rings. The van der Waals surface area contributed by atoms with Gasteiger partial charge in [-0.15, -0.1) is 5.10 Å². The van der Waals surface area contributed by atoms with Crippen LogP contribution in [0.1, 0.15) is 11.1 Å². The van der Waals surface area contributed by atoms with Gasteiger partial charge in [0.2, 0.25) is 0 Å². The number of para-hydroxylation sites is 4. The van der Waals surface area contributed by atoms with Crippen molar-refractivity contribution < 1.29 is 0 Å². The van der Waals surface area contributed by atoms with Crippen molar-refractivity contribution in [3.63, 3.8) is 0 Å². The first-order valence-corrected chi connectivity index (χ1v) is 17.3. The molecule has 3 aromatic heterocycles. The van der Waals surface area contributed by atoms with Crippen LogP contribution < -0.4 is 0 Å². The number of fused-ring (bicyclic) bond motifs is 6. The second-order valence-electron chi connectivity index (χ2n) is 13.0. The molecule has 0 aliphatic heterocycles. The molecule has 0 amide bonds. The van der Waals surface area contributed by atoms with E-state index in [1.165, 1.54) is 10.8 Å². The van der Waals surface area contributed by atoms with Crippen molar-refractivity contribution in [2.75, 3.05) is 0 Å². The van der Waals surface area contributed by atoms with Gasteiger partial charge in [0.15, 0.2) is 0 Å². The number of nitrogens with zero attached hydrogens (tertiary/aromatic N) is 7. The summed E-state index contributed by atoms with van der Waals surface area (Å²) < 4.78 is 6.53. The van der Waals surface area contributed by atoms with Gasteiger partial charge >= 0.3 is 0 Å². The number of benzene rings is 7. The zero-order valence-corrected chi connectivity index (χ0v) is 28.2. The van der Waals surface area contributed by atoms with E-state index in [9.17, 15) is 10.5 Å². The van der Waals surface area contributed by atoms with E-state index >= 15 is 0 Å². The molecule has 0 unspecified atom stereocenters. The maximum absolute atomic E-state index is 9.53. The Kier molecular flexibility index (Phi) is 6.79. The Balaban J connectivity index is 1.27. The molecule has 7 aromatic carbocycles. The molecule has 3 heterocycles. The Hall–Kier alpha value is -7.74. The van der Waals surface area contributed by atoms with E-state index in [2.05, 4.69) is 137 Å². The third-order valence-corrected chi connectivity index (χ3v) is 10.1. The van der Waals surface area contributed by atoms with E-state index in [0.717, 1.165) is 66.7 Å². The minimum atomic E-state index is 0.563. The number of rotatable bonds is 5. The van der Waals surface area contributed by atoms with Crippen LogP contribution in [0.25, 0.3) is 83.2 Å². The average molecular weight is 678 g/mol. The van der Waals surface area contributed by atoms with Gasteiger partial charge in [0.05, 0.1) is 51.0 Å². The normalized spacial score (nSPS) is 11.4. The number of hydrogen-bond donors (Lipinski definition) is 0. The van der Waals surface area contributed by atoms with Crippen molar-refractivity contribution in [1.29, 1.82) is 10.5 Å². The Morgan fingerprint density at radius 2 is 0.962 bits per heavy atom. The molecule has 0 saturated carbocycles. The van der Waals surface area contributed by atoms with Crippen LogP contribution in [-0.2, 0) is 0 Å². The van der Waals surface area contributed by atoms with Gasteiger partial charge in [-0.2, -0.15) is 10.5 Å². The summed E-state index contributed by atoms with van der Waals surface area (Å²) in [5, 5.41) is 33.2. The number of nitriles is 2. The Bertz CT molecular complexity index is 3000. The fraction of sp³-hybridized carbons (Fsp3) is 0. The van der Waals surface area contributed by atoms with Crippen LogP contribution in [0.2, 0.25) is 0 Å². The van der Waals surface area contributed by atoms with E-state index in [-0.39, 0.29) is 0 Å². The minimum absolute atomic E-state index is 0.563. The highest BCUT2D eigenvalue weighted by Gasteiger charge is 2.24. The summed E-state index contributed by atoms with van der Waals surface area (Å²) >= 11 is 0. The van der Waals surface area contributed by atoms with Gasteiger partial charge in [0.1, 0.15) is 11.4 Å². The lowest BCUT2D eigenvalue weighted by molar-refractivity contribution is 0.808. The lowest BCUT2D eigenvalue weighted by atomic mass is 10.0. The Labute approximate surface area is 304 Å². The van der Waals surface area contributed by atoms with Crippen LogP contribution in [0, 0.1) is 22.7 Å². The number of aromatic nitrogens is 5. The zero-order chi connectivity index (χ0) is 35.5. The molecule has 7 heteroatoms. The van der Waals surface area contributed by atoms with Gasteiger partial charge in [-0.3, -0.25) is 0 Å². The van der Waals surface area contributed by atoms with Crippen LogP contribution in [0.15, 0.2) is 164 Å². The standard InChI is InChI=1S/C46H27N7/c47-28-30-19-23-32(24-20-30)44-46(53(50-49-44)33-25-21-31(29-48)22-26-33)40-15-8-14-39-38-13-3-6-18-43(38)52(45(39)40)35-10-7-9-34(27-35)51-41-16-4-1-11-36(41)37-12-2-5-17-42(37)51/h1-27H.